The maximum absolute atomic E-state index is 12.5. The van der Waals surface area contributed by atoms with Crippen molar-refractivity contribution in [2.45, 2.75) is 32.6 Å². The second-order valence-corrected chi connectivity index (χ2v) is 6.65. The average Bonchev–Trinajstić information content (AvgIpc) is 2.49. The minimum atomic E-state index is -3.56. The molecule has 18 heavy (non-hydrogen) atoms. The van der Waals surface area contributed by atoms with Crippen molar-refractivity contribution >= 4 is 15.8 Å². The van der Waals surface area contributed by atoms with Crippen LogP contribution in [0.2, 0.25) is 0 Å². The first-order valence-electron chi connectivity index (χ1n) is 6.01. The Hall–Kier alpha value is -1.08. The van der Waals surface area contributed by atoms with Crippen LogP contribution in [-0.4, -0.2) is 35.6 Å². The number of rotatable bonds is 5. The van der Waals surface area contributed by atoms with Gasteiger partial charge in [-0.15, -0.1) is 0 Å². The maximum Gasteiger partial charge on any atom is 0.248 e. The number of anilines is 1. The van der Waals surface area contributed by atoms with E-state index in [0.29, 0.717) is 18.8 Å². The van der Waals surface area contributed by atoms with Gasteiger partial charge in [-0.25, -0.2) is 8.42 Å². The summed E-state index contributed by atoms with van der Waals surface area (Å²) < 4.78 is 28.0. The van der Waals surface area contributed by atoms with Crippen molar-refractivity contribution in [2.75, 3.05) is 18.8 Å². The molecule has 0 fully saturated rings. The summed E-state index contributed by atoms with van der Waals surface area (Å²) in [4.78, 5) is 0.132. The third kappa shape index (κ3) is 2.67. The highest BCUT2D eigenvalue weighted by Gasteiger charge is 2.30. The predicted octanol–water partition coefficient (Wildman–Crippen LogP) is 0.977. The van der Waals surface area contributed by atoms with Crippen molar-refractivity contribution in [3.63, 3.8) is 0 Å². The number of sulfonamides is 1. The molecule has 0 aliphatic heterocycles. The third-order valence-electron chi connectivity index (χ3n) is 2.82. The Kier molecular flexibility index (Phi) is 4.39. The second kappa shape index (κ2) is 5.27. The monoisotopic (exact) mass is 274 g/mol. The summed E-state index contributed by atoms with van der Waals surface area (Å²) in [6, 6.07) is 0. The van der Waals surface area contributed by atoms with E-state index in [-0.39, 0.29) is 16.6 Å². The molecule has 0 spiro atoms. The van der Waals surface area contributed by atoms with E-state index in [2.05, 4.69) is 5.10 Å². The molecule has 0 radical (unpaired) electrons. The molecule has 0 aromatic carbocycles. The normalized spacial score (nSPS) is 12.6. The molecule has 0 saturated heterocycles. The Bertz CT molecular complexity index is 519. The molecule has 0 bridgehead atoms. The molecule has 104 valence electrons. The smallest absolute Gasteiger partial charge is 0.248 e. The molecule has 1 heterocycles. The van der Waals surface area contributed by atoms with Crippen molar-refractivity contribution in [1.82, 2.24) is 14.1 Å². The van der Waals surface area contributed by atoms with Crippen LogP contribution in [0.1, 0.15) is 26.5 Å². The van der Waals surface area contributed by atoms with Crippen LogP contribution in [0.4, 0.5) is 5.82 Å². The van der Waals surface area contributed by atoms with Crippen LogP contribution in [0.3, 0.4) is 0 Å². The average molecular weight is 274 g/mol. The number of aryl methyl sites for hydroxylation is 1. The first-order valence-corrected chi connectivity index (χ1v) is 7.45. The molecule has 0 atom stereocenters. The molecule has 1 aromatic rings. The molecular formula is C11H22N4O2S. The Morgan fingerprint density at radius 3 is 2.33 bits per heavy atom. The van der Waals surface area contributed by atoms with Crippen LogP contribution in [0.15, 0.2) is 4.90 Å². The molecule has 0 aliphatic rings. The molecular weight excluding hydrogens is 252 g/mol. The topological polar surface area (TPSA) is 81.2 Å². The molecule has 1 rings (SSSR count). The molecule has 0 aliphatic carbocycles. The fourth-order valence-corrected chi connectivity index (χ4v) is 3.77. The largest absolute Gasteiger partial charge is 0.381 e. The minimum absolute atomic E-state index is 0.0669. The van der Waals surface area contributed by atoms with Gasteiger partial charge in [0.15, 0.2) is 5.82 Å². The van der Waals surface area contributed by atoms with E-state index >= 15 is 0 Å². The van der Waals surface area contributed by atoms with Crippen LogP contribution in [-0.2, 0) is 17.1 Å². The van der Waals surface area contributed by atoms with Crippen molar-refractivity contribution < 1.29 is 8.42 Å². The summed E-state index contributed by atoms with van der Waals surface area (Å²) in [6.07, 6.45) is 0. The summed E-state index contributed by atoms with van der Waals surface area (Å²) in [6.45, 7) is 8.40. The Morgan fingerprint density at radius 1 is 1.44 bits per heavy atom. The van der Waals surface area contributed by atoms with Gasteiger partial charge in [0.25, 0.3) is 0 Å². The first kappa shape index (κ1) is 15.0. The lowest BCUT2D eigenvalue weighted by Gasteiger charge is -2.22. The van der Waals surface area contributed by atoms with E-state index in [1.165, 1.54) is 8.99 Å². The fourth-order valence-electron chi connectivity index (χ4n) is 1.87. The molecule has 0 amide bonds. The summed E-state index contributed by atoms with van der Waals surface area (Å²) in [5.41, 5.74) is 6.28. The van der Waals surface area contributed by atoms with Crippen molar-refractivity contribution in [3.05, 3.63) is 5.69 Å². The zero-order valence-electron chi connectivity index (χ0n) is 11.6. The van der Waals surface area contributed by atoms with E-state index in [1.54, 1.807) is 14.0 Å². The van der Waals surface area contributed by atoms with Gasteiger partial charge in [0, 0.05) is 20.1 Å². The highest BCUT2D eigenvalue weighted by molar-refractivity contribution is 7.89. The number of nitrogens with zero attached hydrogens (tertiary/aromatic N) is 3. The number of aromatic nitrogens is 2. The standard InChI is InChI=1S/C11H22N4O2S/c1-6-15(7-8(2)3)18(16,17)10-9(4)14(5)13-11(10)12/h8H,6-7H2,1-5H3,(H2,12,13). The summed E-state index contributed by atoms with van der Waals surface area (Å²) >= 11 is 0. The Morgan fingerprint density at radius 2 is 2.00 bits per heavy atom. The van der Waals surface area contributed by atoms with Gasteiger partial charge >= 0.3 is 0 Å². The Labute approximate surface area is 109 Å². The lowest BCUT2D eigenvalue weighted by atomic mass is 10.2. The summed E-state index contributed by atoms with van der Waals surface area (Å²) in [7, 11) is -1.88. The van der Waals surface area contributed by atoms with Crippen molar-refractivity contribution in [1.29, 1.82) is 0 Å². The van der Waals surface area contributed by atoms with E-state index in [4.69, 9.17) is 5.73 Å². The van der Waals surface area contributed by atoms with Crippen LogP contribution in [0.25, 0.3) is 0 Å². The van der Waals surface area contributed by atoms with E-state index < -0.39 is 10.0 Å². The highest BCUT2D eigenvalue weighted by atomic mass is 32.2. The van der Waals surface area contributed by atoms with Gasteiger partial charge in [0.1, 0.15) is 4.90 Å². The summed E-state index contributed by atoms with van der Waals surface area (Å²) in [5.74, 6) is 0.329. The SMILES string of the molecule is CCN(CC(C)C)S(=O)(=O)c1c(N)nn(C)c1C. The van der Waals surface area contributed by atoms with Gasteiger partial charge in [-0.3, -0.25) is 4.68 Å². The first-order chi connectivity index (χ1) is 8.21. The van der Waals surface area contributed by atoms with Gasteiger partial charge in [0.2, 0.25) is 10.0 Å². The van der Waals surface area contributed by atoms with E-state index in [1.807, 2.05) is 20.8 Å². The maximum atomic E-state index is 12.5. The second-order valence-electron chi connectivity index (χ2n) is 4.77. The van der Waals surface area contributed by atoms with Gasteiger partial charge < -0.3 is 5.73 Å². The highest BCUT2D eigenvalue weighted by Crippen LogP contribution is 2.25. The predicted molar refractivity (Wildman–Crippen MR) is 71.6 cm³/mol. The molecule has 7 heteroatoms. The Balaban J connectivity index is 3.27. The molecule has 0 saturated carbocycles. The molecule has 0 unspecified atom stereocenters. The van der Waals surface area contributed by atoms with Crippen molar-refractivity contribution in [3.8, 4) is 0 Å². The van der Waals surface area contributed by atoms with Crippen LogP contribution in [0, 0.1) is 12.8 Å². The van der Waals surface area contributed by atoms with Gasteiger partial charge in [-0.1, -0.05) is 20.8 Å². The quantitative estimate of drug-likeness (QED) is 0.867. The third-order valence-corrected chi connectivity index (χ3v) is 4.93. The number of hydrogen-bond acceptors (Lipinski definition) is 4. The zero-order valence-corrected chi connectivity index (χ0v) is 12.5. The molecule has 1 aromatic heterocycles. The summed E-state index contributed by atoms with van der Waals surface area (Å²) in [5, 5.41) is 3.96. The van der Waals surface area contributed by atoms with Gasteiger partial charge in [-0.2, -0.15) is 9.40 Å². The molecule has 2 N–H and O–H groups in total. The zero-order chi connectivity index (χ0) is 14.1. The van der Waals surface area contributed by atoms with Crippen LogP contribution < -0.4 is 5.73 Å². The van der Waals surface area contributed by atoms with Gasteiger partial charge in [-0.05, 0) is 12.8 Å². The van der Waals surface area contributed by atoms with E-state index in [0.717, 1.165) is 0 Å². The number of nitrogen functional groups attached to an aromatic ring is 1. The van der Waals surface area contributed by atoms with Crippen LogP contribution in [0.5, 0.6) is 0 Å². The molecule has 6 nitrogen and oxygen atoms in total. The van der Waals surface area contributed by atoms with E-state index in [9.17, 15) is 8.42 Å². The van der Waals surface area contributed by atoms with Crippen molar-refractivity contribution in [2.24, 2.45) is 13.0 Å². The van der Waals surface area contributed by atoms with Crippen LogP contribution >= 0.6 is 0 Å². The number of hydrogen-bond donors (Lipinski definition) is 1. The fraction of sp³-hybridized carbons (Fsp3) is 0.727. The minimum Gasteiger partial charge on any atom is -0.381 e. The lowest BCUT2D eigenvalue weighted by molar-refractivity contribution is 0.381. The lowest BCUT2D eigenvalue weighted by Crippen LogP contribution is -2.34. The number of nitrogens with two attached hydrogens (primary N) is 1. The van der Waals surface area contributed by atoms with Gasteiger partial charge in [0.05, 0.1) is 5.69 Å².